The molecule has 0 saturated carbocycles. The molecule has 1 N–H and O–H groups in total. The first-order valence-corrected chi connectivity index (χ1v) is 12.4. The quantitative estimate of drug-likeness (QED) is 0.517. The molecule has 0 radical (unpaired) electrons. The van der Waals surface area contributed by atoms with E-state index in [2.05, 4.69) is 54.8 Å². The molecule has 2 aromatic rings. The maximum Gasteiger partial charge on any atom is 0.263 e. The molecule has 7 heteroatoms. The highest BCUT2D eigenvalue weighted by Crippen LogP contribution is 2.37. The summed E-state index contributed by atoms with van der Waals surface area (Å²) in [7, 11) is -1.92. The largest absolute Gasteiger partial charge is 0.413 e. The van der Waals surface area contributed by atoms with Gasteiger partial charge in [-0.3, -0.25) is 4.79 Å². The average molecular weight is 463 g/mol. The van der Waals surface area contributed by atoms with Gasteiger partial charge in [0.2, 0.25) is 0 Å². The van der Waals surface area contributed by atoms with Crippen molar-refractivity contribution in [3.8, 4) is 11.3 Å². The van der Waals surface area contributed by atoms with Gasteiger partial charge in [-0.05, 0) is 63.9 Å². The van der Waals surface area contributed by atoms with Crippen molar-refractivity contribution in [3.63, 3.8) is 0 Å². The number of pyridine rings is 1. The first-order chi connectivity index (χ1) is 11.4. The number of H-pyrrole nitrogens is 1. The molecular weight excluding hydrogens is 441 g/mol. The first kappa shape index (κ1) is 20.7. The van der Waals surface area contributed by atoms with Crippen LogP contribution in [0.2, 0.25) is 28.2 Å². The SMILES string of the molecule is CC(C)(C)[Si](C)(C)OCc1cc(-c2cc(Cl)cc(Cl)c2)[nH]c(=O)c1Br. The Morgan fingerprint density at radius 2 is 1.68 bits per heavy atom. The molecule has 0 fully saturated rings. The third kappa shape index (κ3) is 4.98. The van der Waals surface area contributed by atoms with Crippen molar-refractivity contribution in [2.24, 2.45) is 0 Å². The predicted octanol–water partition coefficient (Wildman–Crippen LogP) is 6.63. The number of hydrogen-bond acceptors (Lipinski definition) is 2. The lowest BCUT2D eigenvalue weighted by Gasteiger charge is -2.36. The van der Waals surface area contributed by atoms with Gasteiger partial charge < -0.3 is 9.41 Å². The van der Waals surface area contributed by atoms with E-state index in [4.69, 9.17) is 27.6 Å². The Morgan fingerprint density at radius 1 is 1.12 bits per heavy atom. The van der Waals surface area contributed by atoms with Crippen molar-refractivity contribution in [2.75, 3.05) is 0 Å². The van der Waals surface area contributed by atoms with Gasteiger partial charge in [0.15, 0.2) is 8.32 Å². The number of aromatic nitrogens is 1. The third-order valence-corrected chi connectivity index (χ3v) is 10.4. The summed E-state index contributed by atoms with van der Waals surface area (Å²) in [6, 6.07) is 7.10. The maximum absolute atomic E-state index is 12.3. The molecule has 1 aromatic heterocycles. The Balaban J connectivity index is 2.40. The summed E-state index contributed by atoms with van der Waals surface area (Å²) < 4.78 is 6.75. The molecule has 0 atom stereocenters. The molecule has 0 saturated heterocycles. The summed E-state index contributed by atoms with van der Waals surface area (Å²) in [5.41, 5.74) is 2.02. The minimum Gasteiger partial charge on any atom is -0.413 e. The van der Waals surface area contributed by atoms with Crippen molar-refractivity contribution in [2.45, 2.75) is 45.5 Å². The van der Waals surface area contributed by atoms with Crippen molar-refractivity contribution in [3.05, 3.63) is 54.7 Å². The molecule has 3 nitrogen and oxygen atoms in total. The Labute approximate surface area is 168 Å². The van der Waals surface area contributed by atoms with Gasteiger partial charge >= 0.3 is 0 Å². The monoisotopic (exact) mass is 461 g/mol. The molecule has 0 aliphatic carbocycles. The Kier molecular flexibility index (Phi) is 6.27. The van der Waals surface area contributed by atoms with Crippen molar-refractivity contribution in [1.82, 2.24) is 4.98 Å². The highest BCUT2D eigenvalue weighted by Gasteiger charge is 2.37. The predicted molar refractivity (Wildman–Crippen MR) is 112 cm³/mol. The standard InChI is InChI=1S/C18H22BrCl2NO2Si/c1-18(2,3)25(4,5)24-10-12-8-15(22-17(23)16(12)19)11-6-13(20)9-14(21)7-11/h6-9H,10H2,1-5H3,(H,22,23). The van der Waals surface area contributed by atoms with Gasteiger partial charge in [-0.15, -0.1) is 0 Å². The van der Waals surface area contributed by atoms with Crippen molar-refractivity contribution < 1.29 is 4.43 Å². The lowest BCUT2D eigenvalue weighted by Crippen LogP contribution is -2.40. The third-order valence-electron chi connectivity index (χ3n) is 4.62. The highest BCUT2D eigenvalue weighted by atomic mass is 79.9. The number of benzene rings is 1. The van der Waals surface area contributed by atoms with Gasteiger partial charge in [-0.2, -0.15) is 0 Å². The molecule has 0 aliphatic rings. The minimum atomic E-state index is -1.92. The summed E-state index contributed by atoms with van der Waals surface area (Å²) in [5.74, 6) is 0. The van der Waals surface area contributed by atoms with E-state index in [1.54, 1.807) is 18.2 Å². The molecule has 1 aromatic carbocycles. The molecule has 25 heavy (non-hydrogen) atoms. The van der Waals surface area contributed by atoms with Crippen LogP contribution in [-0.4, -0.2) is 13.3 Å². The van der Waals surface area contributed by atoms with Gasteiger partial charge in [-0.25, -0.2) is 0 Å². The molecule has 0 unspecified atom stereocenters. The van der Waals surface area contributed by atoms with Crippen molar-refractivity contribution in [1.29, 1.82) is 0 Å². The van der Waals surface area contributed by atoms with E-state index in [1.165, 1.54) is 0 Å². The Bertz CT molecular complexity index is 824. The molecule has 0 bridgehead atoms. The van der Waals surface area contributed by atoms with Crippen LogP contribution in [0.4, 0.5) is 0 Å². The van der Waals surface area contributed by atoms with Crippen LogP contribution < -0.4 is 5.56 Å². The van der Waals surface area contributed by atoms with Crippen LogP contribution in [-0.2, 0) is 11.0 Å². The smallest absolute Gasteiger partial charge is 0.263 e. The zero-order chi connectivity index (χ0) is 19.0. The van der Waals surface area contributed by atoms with E-state index >= 15 is 0 Å². The molecule has 0 amide bonds. The number of nitrogens with one attached hydrogen (secondary N) is 1. The van der Waals surface area contributed by atoms with Gasteiger partial charge in [0.1, 0.15) is 0 Å². The average Bonchev–Trinajstić information content (AvgIpc) is 2.46. The van der Waals surface area contributed by atoms with Crippen LogP contribution in [0, 0.1) is 0 Å². The van der Waals surface area contributed by atoms with Gasteiger partial charge in [0, 0.05) is 21.3 Å². The number of halogens is 3. The van der Waals surface area contributed by atoms with Gasteiger partial charge in [0.25, 0.3) is 5.56 Å². The summed E-state index contributed by atoms with van der Waals surface area (Å²) in [6.07, 6.45) is 0. The van der Waals surface area contributed by atoms with Gasteiger partial charge in [-0.1, -0.05) is 44.0 Å². The first-order valence-electron chi connectivity index (χ1n) is 7.93. The summed E-state index contributed by atoms with van der Waals surface area (Å²) in [4.78, 5) is 15.2. The summed E-state index contributed by atoms with van der Waals surface area (Å²) in [6.45, 7) is 11.3. The van der Waals surface area contributed by atoms with E-state index < -0.39 is 8.32 Å². The second-order valence-corrected chi connectivity index (χ2v) is 14.0. The van der Waals surface area contributed by atoms with Crippen molar-refractivity contribution >= 4 is 47.4 Å². The lowest BCUT2D eigenvalue weighted by atomic mass is 10.1. The molecule has 0 aliphatic heterocycles. The van der Waals surface area contributed by atoms with E-state index in [-0.39, 0.29) is 10.6 Å². The zero-order valence-electron chi connectivity index (χ0n) is 15.0. The topological polar surface area (TPSA) is 42.1 Å². The molecular formula is C18H22BrCl2NO2Si. The number of hydrogen-bond donors (Lipinski definition) is 1. The fraction of sp³-hybridized carbons (Fsp3) is 0.389. The lowest BCUT2D eigenvalue weighted by molar-refractivity contribution is 0.275. The molecule has 2 rings (SSSR count). The molecule has 136 valence electrons. The van der Waals surface area contributed by atoms with Crippen LogP contribution in [0.3, 0.4) is 0 Å². The van der Waals surface area contributed by atoms with Crippen LogP contribution in [0.5, 0.6) is 0 Å². The van der Waals surface area contributed by atoms with Gasteiger partial charge in [0.05, 0.1) is 11.1 Å². The van der Waals surface area contributed by atoms with E-state index in [0.29, 0.717) is 26.8 Å². The fourth-order valence-electron chi connectivity index (χ4n) is 2.04. The van der Waals surface area contributed by atoms with E-state index in [0.717, 1.165) is 11.1 Å². The minimum absolute atomic E-state index is 0.101. The maximum atomic E-state index is 12.3. The number of rotatable bonds is 4. The summed E-state index contributed by atoms with van der Waals surface area (Å²) in [5, 5.41) is 1.14. The Morgan fingerprint density at radius 3 is 2.20 bits per heavy atom. The normalized spacial score (nSPS) is 12.5. The second-order valence-electron chi connectivity index (χ2n) is 7.56. The second kappa shape index (κ2) is 7.57. The summed E-state index contributed by atoms with van der Waals surface area (Å²) >= 11 is 15.5. The fourth-order valence-corrected chi connectivity index (χ4v) is 3.84. The highest BCUT2D eigenvalue weighted by molar-refractivity contribution is 9.10. The van der Waals surface area contributed by atoms with Crippen LogP contribution >= 0.6 is 39.1 Å². The van der Waals surface area contributed by atoms with Crippen LogP contribution in [0.15, 0.2) is 33.5 Å². The van der Waals surface area contributed by atoms with Crippen LogP contribution in [0.1, 0.15) is 26.3 Å². The zero-order valence-corrected chi connectivity index (χ0v) is 19.1. The van der Waals surface area contributed by atoms with E-state index in [1.807, 2.05) is 6.07 Å². The molecule has 0 spiro atoms. The van der Waals surface area contributed by atoms with E-state index in [9.17, 15) is 4.79 Å². The number of aromatic amines is 1. The van der Waals surface area contributed by atoms with Crippen LogP contribution in [0.25, 0.3) is 11.3 Å². The molecule has 1 heterocycles. The Hall–Kier alpha value is -0.593.